The van der Waals surface area contributed by atoms with Crippen molar-refractivity contribution in [2.75, 3.05) is 24.5 Å². The van der Waals surface area contributed by atoms with Crippen molar-refractivity contribution in [3.8, 4) is 0 Å². The number of nitrogens with zero attached hydrogens (tertiary/aromatic N) is 3. The summed E-state index contributed by atoms with van der Waals surface area (Å²) in [6, 6.07) is 0. The van der Waals surface area contributed by atoms with E-state index in [1.807, 2.05) is 12.4 Å². The van der Waals surface area contributed by atoms with E-state index in [0.29, 0.717) is 13.1 Å². The van der Waals surface area contributed by atoms with Crippen LogP contribution in [0.4, 0.5) is 5.95 Å². The molecule has 0 saturated carbocycles. The minimum Gasteiger partial charge on any atom is -0.392 e. The van der Waals surface area contributed by atoms with Crippen molar-refractivity contribution in [3.63, 3.8) is 0 Å². The Hall–Kier alpha value is -1.20. The number of rotatable bonds is 5. The molecule has 17 heavy (non-hydrogen) atoms. The zero-order chi connectivity index (χ0) is 12.1. The Morgan fingerprint density at radius 1 is 1.35 bits per heavy atom. The van der Waals surface area contributed by atoms with E-state index < -0.39 is 0 Å². The number of aromatic nitrogens is 2. The molecule has 2 N–H and O–H groups in total. The van der Waals surface area contributed by atoms with Gasteiger partial charge >= 0.3 is 0 Å². The second kappa shape index (κ2) is 5.93. The molecule has 5 heteroatoms. The minimum absolute atomic E-state index is 0.320. The molecule has 2 heterocycles. The Morgan fingerprint density at radius 3 is 2.59 bits per heavy atom. The molecular formula is C12H20N4O. The molecule has 1 fully saturated rings. The standard InChI is InChI=1S/C12H20N4O/c1-10(17)6-13-7-11-8-14-12(15-9-11)16-4-2-3-5-16/h8-10,13,17H,2-7H2,1H3/t10-/m1/s1. The molecule has 0 aliphatic carbocycles. The molecular weight excluding hydrogens is 216 g/mol. The molecule has 1 aliphatic rings. The molecule has 94 valence electrons. The van der Waals surface area contributed by atoms with E-state index in [-0.39, 0.29) is 6.10 Å². The first kappa shape index (κ1) is 12.3. The van der Waals surface area contributed by atoms with E-state index in [9.17, 15) is 0 Å². The predicted octanol–water partition coefficient (Wildman–Crippen LogP) is 0.547. The summed E-state index contributed by atoms with van der Waals surface area (Å²) in [5.41, 5.74) is 1.05. The lowest BCUT2D eigenvalue weighted by molar-refractivity contribution is 0.191. The highest BCUT2D eigenvalue weighted by atomic mass is 16.3. The van der Waals surface area contributed by atoms with Crippen molar-refractivity contribution < 1.29 is 5.11 Å². The van der Waals surface area contributed by atoms with E-state index in [1.165, 1.54) is 12.8 Å². The summed E-state index contributed by atoms with van der Waals surface area (Å²) in [6.07, 6.45) is 5.87. The van der Waals surface area contributed by atoms with Crippen LogP contribution in [0.3, 0.4) is 0 Å². The Labute approximate surface area is 102 Å². The van der Waals surface area contributed by atoms with Crippen LogP contribution in [0.2, 0.25) is 0 Å². The van der Waals surface area contributed by atoms with Crippen molar-refractivity contribution in [2.45, 2.75) is 32.4 Å². The van der Waals surface area contributed by atoms with Gasteiger partial charge in [-0.3, -0.25) is 0 Å². The molecule has 1 aromatic heterocycles. The summed E-state index contributed by atoms with van der Waals surface area (Å²) in [7, 11) is 0. The highest BCUT2D eigenvalue weighted by Gasteiger charge is 2.14. The molecule has 0 spiro atoms. The maximum Gasteiger partial charge on any atom is 0.225 e. The number of anilines is 1. The third-order valence-corrected chi connectivity index (χ3v) is 2.85. The van der Waals surface area contributed by atoms with E-state index in [1.54, 1.807) is 6.92 Å². The third kappa shape index (κ3) is 3.64. The quantitative estimate of drug-likeness (QED) is 0.781. The zero-order valence-corrected chi connectivity index (χ0v) is 10.3. The van der Waals surface area contributed by atoms with Crippen LogP contribution in [-0.4, -0.2) is 40.8 Å². The van der Waals surface area contributed by atoms with Gasteiger partial charge in [0.15, 0.2) is 0 Å². The predicted molar refractivity (Wildman–Crippen MR) is 66.9 cm³/mol. The first-order valence-electron chi connectivity index (χ1n) is 6.20. The van der Waals surface area contributed by atoms with Gasteiger partial charge in [0.2, 0.25) is 5.95 Å². The van der Waals surface area contributed by atoms with Gasteiger partial charge in [0.25, 0.3) is 0 Å². The van der Waals surface area contributed by atoms with E-state index >= 15 is 0 Å². The molecule has 0 bridgehead atoms. The van der Waals surface area contributed by atoms with Gasteiger partial charge < -0.3 is 15.3 Å². The lowest BCUT2D eigenvalue weighted by Gasteiger charge is -2.14. The normalized spacial score (nSPS) is 17.4. The summed E-state index contributed by atoms with van der Waals surface area (Å²) >= 11 is 0. The first-order chi connectivity index (χ1) is 8.25. The molecule has 0 aromatic carbocycles. The molecule has 1 aromatic rings. The highest BCUT2D eigenvalue weighted by Crippen LogP contribution is 2.14. The van der Waals surface area contributed by atoms with Crippen LogP contribution in [-0.2, 0) is 6.54 Å². The minimum atomic E-state index is -0.320. The Bertz CT molecular complexity index is 333. The summed E-state index contributed by atoms with van der Waals surface area (Å²) in [6.45, 7) is 5.19. The maximum absolute atomic E-state index is 9.12. The van der Waals surface area contributed by atoms with Crippen LogP contribution < -0.4 is 10.2 Å². The van der Waals surface area contributed by atoms with Gasteiger partial charge in [0.05, 0.1) is 6.10 Å². The van der Waals surface area contributed by atoms with Crippen LogP contribution >= 0.6 is 0 Å². The number of aliphatic hydroxyl groups is 1. The molecule has 1 saturated heterocycles. The van der Waals surface area contributed by atoms with Crippen LogP contribution in [0, 0.1) is 0 Å². The zero-order valence-electron chi connectivity index (χ0n) is 10.3. The SMILES string of the molecule is C[C@@H](O)CNCc1cnc(N2CCCC2)nc1. The van der Waals surface area contributed by atoms with Gasteiger partial charge in [-0.2, -0.15) is 0 Å². The Kier molecular flexibility index (Phi) is 4.28. The van der Waals surface area contributed by atoms with Crippen molar-refractivity contribution in [2.24, 2.45) is 0 Å². The fourth-order valence-electron chi connectivity index (χ4n) is 1.95. The van der Waals surface area contributed by atoms with Gasteiger partial charge in [0.1, 0.15) is 0 Å². The summed E-state index contributed by atoms with van der Waals surface area (Å²) in [5.74, 6) is 0.835. The maximum atomic E-state index is 9.12. The average molecular weight is 236 g/mol. The molecule has 2 rings (SSSR count). The van der Waals surface area contributed by atoms with Crippen LogP contribution in [0.1, 0.15) is 25.3 Å². The first-order valence-corrected chi connectivity index (χ1v) is 6.20. The lowest BCUT2D eigenvalue weighted by atomic mass is 10.3. The summed E-state index contributed by atoms with van der Waals surface area (Å²) in [5, 5.41) is 12.3. The van der Waals surface area contributed by atoms with Gasteiger partial charge in [-0.1, -0.05) is 0 Å². The average Bonchev–Trinajstić information content (AvgIpc) is 2.83. The molecule has 0 unspecified atom stereocenters. The number of hydrogen-bond acceptors (Lipinski definition) is 5. The third-order valence-electron chi connectivity index (χ3n) is 2.85. The topological polar surface area (TPSA) is 61.3 Å². The van der Waals surface area contributed by atoms with Crippen molar-refractivity contribution in [3.05, 3.63) is 18.0 Å². The smallest absolute Gasteiger partial charge is 0.225 e. The fourth-order valence-corrected chi connectivity index (χ4v) is 1.95. The van der Waals surface area contributed by atoms with Crippen molar-refractivity contribution in [1.29, 1.82) is 0 Å². The van der Waals surface area contributed by atoms with Crippen molar-refractivity contribution in [1.82, 2.24) is 15.3 Å². The molecule has 1 aliphatic heterocycles. The second-order valence-corrected chi connectivity index (χ2v) is 4.57. The van der Waals surface area contributed by atoms with Crippen LogP contribution in [0.15, 0.2) is 12.4 Å². The van der Waals surface area contributed by atoms with Crippen LogP contribution in [0.25, 0.3) is 0 Å². The number of hydrogen-bond donors (Lipinski definition) is 2. The van der Waals surface area contributed by atoms with Crippen molar-refractivity contribution >= 4 is 5.95 Å². The van der Waals surface area contributed by atoms with Gasteiger partial charge in [-0.15, -0.1) is 0 Å². The highest BCUT2D eigenvalue weighted by molar-refractivity contribution is 5.30. The fraction of sp³-hybridized carbons (Fsp3) is 0.667. The molecule has 0 radical (unpaired) electrons. The second-order valence-electron chi connectivity index (χ2n) is 4.57. The molecule has 5 nitrogen and oxygen atoms in total. The van der Waals surface area contributed by atoms with E-state index in [4.69, 9.17) is 5.11 Å². The van der Waals surface area contributed by atoms with Gasteiger partial charge in [-0.05, 0) is 19.8 Å². The Balaban J connectivity index is 1.84. The molecule has 1 atom stereocenters. The van der Waals surface area contributed by atoms with Gasteiger partial charge in [-0.25, -0.2) is 9.97 Å². The molecule has 0 amide bonds. The Morgan fingerprint density at radius 2 is 2.00 bits per heavy atom. The van der Waals surface area contributed by atoms with E-state index in [0.717, 1.165) is 24.6 Å². The lowest BCUT2D eigenvalue weighted by Crippen LogP contribution is -2.24. The summed E-state index contributed by atoms with van der Waals surface area (Å²) in [4.78, 5) is 11.0. The number of nitrogens with one attached hydrogen (secondary N) is 1. The monoisotopic (exact) mass is 236 g/mol. The summed E-state index contributed by atoms with van der Waals surface area (Å²) < 4.78 is 0. The number of aliphatic hydroxyl groups excluding tert-OH is 1. The van der Waals surface area contributed by atoms with E-state index in [2.05, 4.69) is 20.2 Å². The van der Waals surface area contributed by atoms with Crippen LogP contribution in [0.5, 0.6) is 0 Å². The largest absolute Gasteiger partial charge is 0.392 e. The van der Waals surface area contributed by atoms with Gasteiger partial charge in [0, 0.05) is 44.1 Å².